The van der Waals surface area contributed by atoms with Gasteiger partial charge in [-0.2, -0.15) is 0 Å². The molecule has 1 aliphatic carbocycles. The van der Waals surface area contributed by atoms with Gasteiger partial charge >= 0.3 is 5.97 Å². The Morgan fingerprint density at radius 2 is 1.93 bits per heavy atom. The van der Waals surface area contributed by atoms with Crippen molar-refractivity contribution in [2.24, 2.45) is 5.92 Å². The minimum atomic E-state index is -0.847. The van der Waals surface area contributed by atoms with Gasteiger partial charge in [0.2, 0.25) is 0 Å². The Balaban J connectivity index is 1.90. The third-order valence-corrected chi connectivity index (χ3v) is 5.32. The van der Waals surface area contributed by atoms with Crippen LogP contribution in [-0.2, 0) is 14.3 Å². The number of hydrogen-bond acceptors (Lipinski definition) is 6. The number of hydrogen-bond donors (Lipinski definition) is 0. The predicted octanol–water partition coefficient (Wildman–Crippen LogP) is 3.61. The zero-order valence-corrected chi connectivity index (χ0v) is 16.4. The van der Waals surface area contributed by atoms with Crippen LogP contribution in [0.1, 0.15) is 52.9 Å². The normalized spacial score (nSPS) is 21.1. The molecule has 0 spiro atoms. The van der Waals surface area contributed by atoms with Gasteiger partial charge in [-0.1, -0.05) is 20.3 Å². The van der Waals surface area contributed by atoms with E-state index in [1.807, 2.05) is 13.8 Å². The van der Waals surface area contributed by atoms with Gasteiger partial charge in [0, 0.05) is 6.07 Å². The molecule has 3 rings (SSSR count). The molecule has 0 radical (unpaired) electrons. The lowest BCUT2D eigenvalue weighted by Gasteiger charge is -2.38. The molecule has 1 saturated carbocycles. The maximum Gasteiger partial charge on any atom is 0.329 e. The van der Waals surface area contributed by atoms with Crippen LogP contribution in [0.25, 0.3) is 0 Å². The van der Waals surface area contributed by atoms with E-state index >= 15 is 0 Å². The molecule has 0 aromatic heterocycles. The number of nitrogens with zero attached hydrogens (tertiary/aromatic N) is 2. The average molecular weight is 390 g/mol. The summed E-state index contributed by atoms with van der Waals surface area (Å²) in [5.74, 6) is -0.743. The van der Waals surface area contributed by atoms with Crippen molar-refractivity contribution < 1.29 is 24.0 Å². The first-order chi connectivity index (χ1) is 13.3. The minimum Gasteiger partial charge on any atom is -0.478 e. The molecule has 1 fully saturated rings. The van der Waals surface area contributed by atoms with Crippen LogP contribution in [0, 0.1) is 16.0 Å². The SMILES string of the molecule is CC(C)C1Oc2cc([N+](=O)[O-])ccc2N(C(C)C(=O)OC2CCCCC2)C1=O. The summed E-state index contributed by atoms with van der Waals surface area (Å²) in [5, 5.41) is 11.1. The molecule has 2 atom stereocenters. The Labute approximate surface area is 163 Å². The van der Waals surface area contributed by atoms with Crippen LogP contribution in [0.4, 0.5) is 11.4 Å². The Kier molecular flexibility index (Phi) is 5.86. The number of anilines is 1. The first-order valence-corrected chi connectivity index (χ1v) is 9.78. The van der Waals surface area contributed by atoms with Crippen LogP contribution >= 0.6 is 0 Å². The molecule has 152 valence electrons. The van der Waals surface area contributed by atoms with Gasteiger partial charge in [0.15, 0.2) is 11.9 Å². The van der Waals surface area contributed by atoms with Crippen LogP contribution in [0.5, 0.6) is 5.75 Å². The largest absolute Gasteiger partial charge is 0.478 e. The van der Waals surface area contributed by atoms with Gasteiger partial charge in [-0.3, -0.25) is 19.8 Å². The number of esters is 1. The summed E-state index contributed by atoms with van der Waals surface area (Å²) in [6.07, 6.45) is 3.96. The first-order valence-electron chi connectivity index (χ1n) is 9.78. The van der Waals surface area contributed by atoms with E-state index in [1.165, 1.54) is 23.1 Å². The number of amides is 1. The van der Waals surface area contributed by atoms with E-state index in [0.29, 0.717) is 5.69 Å². The standard InChI is InChI=1S/C20H26N2O6/c1-12(2)18-19(23)21(13(3)20(24)27-15-7-5-4-6-8-15)16-10-9-14(22(25)26)11-17(16)28-18/h9-13,15,18H,4-8H2,1-3H3. The van der Waals surface area contributed by atoms with Crippen molar-refractivity contribution in [3.8, 4) is 5.75 Å². The summed E-state index contributed by atoms with van der Waals surface area (Å²) >= 11 is 0. The van der Waals surface area contributed by atoms with Crippen LogP contribution < -0.4 is 9.64 Å². The van der Waals surface area contributed by atoms with Gasteiger partial charge in [0.25, 0.3) is 11.6 Å². The smallest absolute Gasteiger partial charge is 0.329 e. The number of fused-ring (bicyclic) bond motifs is 1. The van der Waals surface area contributed by atoms with Gasteiger partial charge in [0.1, 0.15) is 12.1 Å². The highest BCUT2D eigenvalue weighted by molar-refractivity contribution is 6.04. The zero-order chi connectivity index (χ0) is 20.4. The van der Waals surface area contributed by atoms with Gasteiger partial charge in [-0.05, 0) is 44.6 Å². The van der Waals surface area contributed by atoms with Crippen molar-refractivity contribution in [3.05, 3.63) is 28.3 Å². The van der Waals surface area contributed by atoms with Gasteiger partial charge in [-0.25, -0.2) is 4.79 Å². The molecular weight excluding hydrogens is 364 g/mol. The van der Waals surface area contributed by atoms with Gasteiger partial charge in [-0.15, -0.1) is 0 Å². The Morgan fingerprint density at radius 3 is 2.54 bits per heavy atom. The number of nitro benzene ring substituents is 1. The minimum absolute atomic E-state index is 0.114. The van der Waals surface area contributed by atoms with Gasteiger partial charge < -0.3 is 9.47 Å². The Hall–Kier alpha value is -2.64. The van der Waals surface area contributed by atoms with E-state index in [-0.39, 0.29) is 29.4 Å². The fourth-order valence-corrected chi connectivity index (χ4v) is 3.72. The van der Waals surface area contributed by atoms with Crippen LogP contribution in [0.3, 0.4) is 0 Å². The van der Waals surface area contributed by atoms with Crippen LogP contribution in [0.2, 0.25) is 0 Å². The Bertz CT molecular complexity index is 772. The zero-order valence-electron chi connectivity index (χ0n) is 16.4. The van der Waals surface area contributed by atoms with E-state index < -0.39 is 23.0 Å². The molecule has 1 aromatic carbocycles. The third-order valence-electron chi connectivity index (χ3n) is 5.32. The lowest BCUT2D eigenvalue weighted by Crippen LogP contribution is -2.54. The second-order valence-electron chi connectivity index (χ2n) is 7.77. The maximum atomic E-state index is 13.0. The fourth-order valence-electron chi connectivity index (χ4n) is 3.72. The molecule has 0 bridgehead atoms. The van der Waals surface area contributed by atoms with E-state index in [2.05, 4.69) is 0 Å². The summed E-state index contributed by atoms with van der Waals surface area (Å²) in [4.78, 5) is 37.7. The van der Waals surface area contributed by atoms with E-state index in [9.17, 15) is 19.7 Å². The van der Waals surface area contributed by atoms with E-state index in [4.69, 9.17) is 9.47 Å². The molecule has 0 saturated heterocycles. The number of benzene rings is 1. The van der Waals surface area contributed by atoms with Crippen molar-refractivity contribution in [1.29, 1.82) is 0 Å². The quantitative estimate of drug-likeness (QED) is 0.433. The second-order valence-corrected chi connectivity index (χ2v) is 7.77. The van der Waals surface area contributed by atoms with Crippen LogP contribution in [-0.4, -0.2) is 35.0 Å². The predicted molar refractivity (Wildman–Crippen MR) is 102 cm³/mol. The monoisotopic (exact) mass is 390 g/mol. The molecule has 1 heterocycles. The molecule has 2 aliphatic rings. The number of carbonyl (C=O) groups is 2. The Morgan fingerprint density at radius 1 is 1.25 bits per heavy atom. The number of non-ortho nitro benzene ring substituents is 1. The number of nitro groups is 1. The molecule has 8 nitrogen and oxygen atoms in total. The summed E-state index contributed by atoms with van der Waals surface area (Å²) in [6.45, 7) is 5.28. The molecule has 8 heteroatoms. The number of rotatable bonds is 5. The summed E-state index contributed by atoms with van der Waals surface area (Å²) in [5.41, 5.74) is 0.216. The van der Waals surface area contributed by atoms with Crippen molar-refractivity contribution in [2.45, 2.75) is 71.1 Å². The van der Waals surface area contributed by atoms with E-state index in [0.717, 1.165) is 32.1 Å². The lowest BCUT2D eigenvalue weighted by atomic mass is 9.97. The molecule has 1 aliphatic heterocycles. The third kappa shape index (κ3) is 3.95. The molecule has 1 aromatic rings. The lowest BCUT2D eigenvalue weighted by molar-refractivity contribution is -0.384. The molecule has 28 heavy (non-hydrogen) atoms. The average Bonchev–Trinajstić information content (AvgIpc) is 2.67. The highest BCUT2D eigenvalue weighted by Crippen LogP contribution is 2.39. The van der Waals surface area contributed by atoms with Crippen molar-refractivity contribution in [3.63, 3.8) is 0 Å². The highest BCUT2D eigenvalue weighted by Gasteiger charge is 2.42. The molecule has 0 N–H and O–H groups in total. The summed E-state index contributed by atoms with van der Waals surface area (Å²) < 4.78 is 11.4. The van der Waals surface area contributed by atoms with Gasteiger partial charge in [0.05, 0.1) is 16.7 Å². The van der Waals surface area contributed by atoms with E-state index in [1.54, 1.807) is 6.92 Å². The van der Waals surface area contributed by atoms with Crippen molar-refractivity contribution in [2.75, 3.05) is 4.90 Å². The summed E-state index contributed by atoms with van der Waals surface area (Å²) in [7, 11) is 0. The molecule has 2 unspecified atom stereocenters. The van der Waals surface area contributed by atoms with Crippen molar-refractivity contribution in [1.82, 2.24) is 0 Å². The number of ether oxygens (including phenoxy) is 2. The molecule has 1 amide bonds. The van der Waals surface area contributed by atoms with Crippen molar-refractivity contribution >= 4 is 23.3 Å². The first kappa shape index (κ1) is 20.1. The fraction of sp³-hybridized carbons (Fsp3) is 0.600. The topological polar surface area (TPSA) is 99.0 Å². The molecular formula is C20H26N2O6. The second kappa shape index (κ2) is 8.16. The highest BCUT2D eigenvalue weighted by atomic mass is 16.6. The maximum absolute atomic E-state index is 13.0. The number of carbonyl (C=O) groups excluding carboxylic acids is 2. The van der Waals surface area contributed by atoms with Crippen LogP contribution in [0.15, 0.2) is 18.2 Å². The summed E-state index contributed by atoms with van der Waals surface area (Å²) in [6, 6.07) is 3.20.